The number of fused-ring (bicyclic) bond motifs is 16. The Kier molecular flexibility index (Phi) is 16.0. The minimum atomic E-state index is -1.19. The van der Waals surface area contributed by atoms with Gasteiger partial charge in [0.15, 0.2) is 34.8 Å². The van der Waals surface area contributed by atoms with Crippen LogP contribution in [0.25, 0.3) is 115 Å². The zero-order valence-electron chi connectivity index (χ0n) is 51.6. The van der Waals surface area contributed by atoms with Crippen LogP contribution in [0.5, 0.6) is 0 Å². The Bertz CT molecular complexity index is 5260. The Balaban J connectivity index is 0.980. The van der Waals surface area contributed by atoms with Gasteiger partial charge in [-0.1, -0.05) is 66.2 Å². The molecule has 21 heteroatoms. The van der Waals surface area contributed by atoms with Crippen LogP contribution in [0.2, 0.25) is 0 Å². The van der Waals surface area contributed by atoms with Gasteiger partial charge in [-0.2, -0.15) is 29.8 Å². The fraction of sp³-hybridized carbons (Fsp3) is 0.278. The van der Waals surface area contributed by atoms with Gasteiger partial charge in [0, 0.05) is 86.5 Å². The normalized spacial score (nSPS) is 14.8. The Morgan fingerprint density at radius 1 is 0.495 bits per heavy atom. The summed E-state index contributed by atoms with van der Waals surface area (Å²) in [5.74, 6) is -5.20. The number of unbranched alkanes of at least 4 members (excludes halogenated alkanes) is 2. The van der Waals surface area contributed by atoms with Crippen LogP contribution in [0.4, 0.5) is 17.6 Å². The van der Waals surface area contributed by atoms with Crippen molar-refractivity contribution in [1.82, 2.24) is 17.9 Å². The molecule has 0 saturated carbocycles. The molecule has 0 bridgehead atoms. The molecule has 2 atom stereocenters. The summed E-state index contributed by atoms with van der Waals surface area (Å²) in [4.78, 5) is 33.6. The van der Waals surface area contributed by atoms with Crippen molar-refractivity contribution in [3.63, 3.8) is 0 Å². The van der Waals surface area contributed by atoms with Crippen molar-refractivity contribution < 1.29 is 27.2 Å². The Morgan fingerprint density at radius 2 is 0.871 bits per heavy atom. The smallest absolute Gasteiger partial charge is 0.194 e. The monoisotopic (exact) mass is 1360 g/mol. The van der Waals surface area contributed by atoms with Gasteiger partial charge in [0.1, 0.15) is 46.5 Å². The number of thiophene rings is 6. The van der Waals surface area contributed by atoms with Crippen molar-refractivity contribution in [2.24, 2.45) is 11.8 Å². The molecule has 0 aliphatic heterocycles. The average Bonchev–Trinajstić information content (AvgIpc) is 1.51. The summed E-state index contributed by atoms with van der Waals surface area (Å²) in [5, 5.41) is 42.4. The number of carbonyl (C=O) groups excluding carboxylic acids is 2. The summed E-state index contributed by atoms with van der Waals surface area (Å²) in [6.07, 6.45) is 11.7. The molecule has 9 aromatic heterocycles. The summed E-state index contributed by atoms with van der Waals surface area (Å²) in [5.41, 5.74) is 9.79. The van der Waals surface area contributed by atoms with Crippen molar-refractivity contribution in [2.75, 3.05) is 0 Å². The van der Waals surface area contributed by atoms with Gasteiger partial charge < -0.3 is 9.13 Å². The molecule has 0 spiro atoms. The maximum absolute atomic E-state index is 14.7. The van der Waals surface area contributed by atoms with Gasteiger partial charge in [0.05, 0.1) is 62.0 Å². The summed E-state index contributed by atoms with van der Waals surface area (Å²) in [6, 6.07) is 14.9. The predicted molar refractivity (Wildman–Crippen MR) is 376 cm³/mol. The van der Waals surface area contributed by atoms with Gasteiger partial charge in [0.25, 0.3) is 0 Å². The van der Waals surface area contributed by atoms with Crippen LogP contribution in [0.15, 0.2) is 58.7 Å². The second-order valence-corrected chi connectivity index (χ2v) is 30.9. The number of halogens is 4. The van der Waals surface area contributed by atoms with Crippen LogP contribution in [0.3, 0.4) is 0 Å². The zero-order valence-corrected chi connectivity index (χ0v) is 57.3. The van der Waals surface area contributed by atoms with E-state index < -0.39 is 34.8 Å². The van der Waals surface area contributed by atoms with E-state index in [4.69, 9.17) is 8.75 Å². The number of aryl methyl sites for hydroxylation is 4. The van der Waals surface area contributed by atoms with E-state index in [0.717, 1.165) is 163 Å². The third-order valence-electron chi connectivity index (χ3n) is 18.6. The fourth-order valence-corrected chi connectivity index (χ4v) is 23.0. The first-order valence-corrected chi connectivity index (χ1v) is 36.4. The lowest BCUT2D eigenvalue weighted by atomic mass is 9.99. The van der Waals surface area contributed by atoms with E-state index in [1.165, 1.54) is 73.6 Å². The molecule has 10 nitrogen and oxygen atoms in total. The second kappa shape index (κ2) is 24.0. The van der Waals surface area contributed by atoms with Crippen molar-refractivity contribution in [3.8, 4) is 43.8 Å². The first-order valence-electron chi connectivity index (χ1n) is 30.7. The van der Waals surface area contributed by atoms with Crippen LogP contribution in [-0.4, -0.2) is 29.4 Å². The number of benzene rings is 3. The number of ketones is 2. The fourth-order valence-electron chi connectivity index (χ4n) is 13.9. The summed E-state index contributed by atoms with van der Waals surface area (Å²) < 4.78 is 81.6. The lowest BCUT2D eigenvalue weighted by Gasteiger charge is -2.20. The zero-order chi connectivity index (χ0) is 65.3. The molecule has 9 heterocycles. The van der Waals surface area contributed by atoms with Crippen LogP contribution >= 0.6 is 79.7 Å². The molecular weight excluding hydrogens is 1310 g/mol. The molecule has 2 aliphatic carbocycles. The molecule has 464 valence electrons. The molecule has 14 rings (SSSR count). The van der Waals surface area contributed by atoms with Crippen molar-refractivity contribution in [1.29, 1.82) is 21.0 Å². The number of nitriles is 4. The average molecular weight is 1360 g/mol. The highest BCUT2D eigenvalue weighted by Gasteiger charge is 2.38. The summed E-state index contributed by atoms with van der Waals surface area (Å²) in [6.45, 7) is 19.1. The Morgan fingerprint density at radius 3 is 1.23 bits per heavy atom. The summed E-state index contributed by atoms with van der Waals surface area (Å²) in [7, 11) is 0. The van der Waals surface area contributed by atoms with Gasteiger partial charge in [-0.15, -0.1) is 68.0 Å². The van der Waals surface area contributed by atoms with E-state index in [2.05, 4.69) is 50.7 Å². The van der Waals surface area contributed by atoms with Gasteiger partial charge >= 0.3 is 0 Å². The standard InChI is InChI=1S/C72H54F4N8O2S7/c1-9-13-15-35(11-3)29-83-57-53(69-59(83)71-67(89-69)33(7)65(91-71)63-31(5)17-39(87-63)19-45-51(37(25-77)26-78)41-21-47(73)49(75)23-43(41)61(45)85)55-56(82-93-81-55)54-58(57)84(30-36(12-4)16-14-10-2)60-70(54)90-68-34(8)66(92-72(60)68)64-32(6)18-40(88-64)20-46-52(38(27-79)28-80)42-22-48(74)50(76)24-44(42)62(46)86/h17-24,35-36H,9-16,29-30H2,1-8H3/b45-19-,46-20-. The second-order valence-electron chi connectivity index (χ2n) is 24.1. The van der Waals surface area contributed by atoms with E-state index in [9.17, 15) is 48.2 Å². The number of Topliss-reactive ketones (excluding diaryl/α,β-unsaturated/α-hetero) is 2. The maximum Gasteiger partial charge on any atom is 0.194 e. The van der Waals surface area contributed by atoms with Crippen LogP contribution in [-0.2, 0) is 13.1 Å². The van der Waals surface area contributed by atoms with E-state index >= 15 is 0 Å². The van der Waals surface area contributed by atoms with Gasteiger partial charge in [-0.05, 0) is 134 Å². The van der Waals surface area contributed by atoms with Crippen LogP contribution in [0, 0.1) is 108 Å². The third-order valence-corrected chi connectivity index (χ3v) is 27.3. The first kappa shape index (κ1) is 62.2. The predicted octanol–water partition coefficient (Wildman–Crippen LogP) is 22.3. The lowest BCUT2D eigenvalue weighted by Crippen LogP contribution is -2.13. The number of hydrogen-bond acceptors (Lipinski definition) is 15. The quantitative estimate of drug-likeness (QED) is 0.0524. The highest BCUT2D eigenvalue weighted by Crippen LogP contribution is 2.58. The van der Waals surface area contributed by atoms with Crippen LogP contribution < -0.4 is 0 Å². The molecule has 0 N–H and O–H groups in total. The van der Waals surface area contributed by atoms with E-state index in [1.807, 2.05) is 50.3 Å². The SMILES string of the molecule is CCCCC(CC)Cn1c2c3sc(-c4sc(/C=C5\C(=O)c6cc(F)c(F)cc6C5=C(C#N)C#N)cc4C)c(C)c3sc2c2c3nsnc3c3c4sc5c(C)c(-c6sc(/C=C7\C(=O)c8cc(F)c(F)cc8C7=C(C#N)C#N)cc6C)sc5c4n(CC(CC)CCCC)c3c21. The van der Waals surface area contributed by atoms with E-state index in [-0.39, 0.29) is 55.7 Å². The largest absolute Gasteiger partial charge is 0.337 e. The number of carbonyl (C=O) groups is 2. The highest BCUT2D eigenvalue weighted by molar-refractivity contribution is 7.37. The molecule has 2 aliphatic rings. The molecular formula is C72H54F4N8O2S7. The Labute approximate surface area is 560 Å². The molecule has 3 aromatic carbocycles. The van der Waals surface area contributed by atoms with Crippen molar-refractivity contribution in [3.05, 3.63) is 136 Å². The molecule has 0 fully saturated rings. The van der Waals surface area contributed by atoms with Gasteiger partial charge in [0.2, 0.25) is 0 Å². The molecule has 0 radical (unpaired) electrons. The topological polar surface area (TPSA) is 165 Å². The molecule has 0 saturated heterocycles. The molecule has 12 aromatic rings. The molecule has 93 heavy (non-hydrogen) atoms. The molecule has 0 amide bonds. The van der Waals surface area contributed by atoms with E-state index in [1.54, 1.807) is 57.5 Å². The van der Waals surface area contributed by atoms with Gasteiger partial charge in [-0.25, -0.2) is 17.6 Å². The van der Waals surface area contributed by atoms with Crippen LogP contribution in [0.1, 0.15) is 143 Å². The lowest BCUT2D eigenvalue weighted by molar-refractivity contribution is 0.103. The maximum atomic E-state index is 14.7. The third kappa shape index (κ3) is 9.59. The highest BCUT2D eigenvalue weighted by atomic mass is 32.1. The number of allylic oxidation sites excluding steroid dienone is 6. The first-order chi connectivity index (χ1) is 44.9. The minimum absolute atomic E-state index is 0.00970. The Hall–Kier alpha value is -8.22. The van der Waals surface area contributed by atoms with Crippen molar-refractivity contribution in [2.45, 2.75) is 120 Å². The molecule has 2 unspecified atom stereocenters. The number of rotatable bonds is 16. The van der Waals surface area contributed by atoms with E-state index in [0.29, 0.717) is 21.6 Å². The minimum Gasteiger partial charge on any atom is -0.337 e. The number of nitrogens with zero attached hydrogens (tertiary/aromatic N) is 8. The number of hydrogen-bond donors (Lipinski definition) is 0. The summed E-state index contributed by atoms with van der Waals surface area (Å²) >= 11 is 11.3. The van der Waals surface area contributed by atoms with Crippen molar-refractivity contribution >= 4 is 187 Å². The van der Waals surface area contributed by atoms with Gasteiger partial charge in [-0.3, -0.25) is 9.59 Å². The number of aromatic nitrogens is 4.